The minimum absolute atomic E-state index is 0.285. The van der Waals surface area contributed by atoms with Crippen LogP contribution in [0.15, 0.2) is 24.3 Å². The molecule has 102 valence electrons. The Kier molecular flexibility index (Phi) is 7.16. The van der Waals surface area contributed by atoms with E-state index in [9.17, 15) is 0 Å². The molecule has 1 atom stereocenters. The second kappa shape index (κ2) is 8.40. The van der Waals surface area contributed by atoms with Gasteiger partial charge in [-0.05, 0) is 37.9 Å². The van der Waals surface area contributed by atoms with Crippen molar-refractivity contribution in [3.8, 4) is 5.75 Å². The van der Waals surface area contributed by atoms with Crippen LogP contribution in [0.25, 0.3) is 0 Å². The van der Waals surface area contributed by atoms with E-state index in [0.29, 0.717) is 13.2 Å². The first-order valence-corrected chi connectivity index (χ1v) is 7.74. The summed E-state index contributed by atoms with van der Waals surface area (Å²) in [6.07, 6.45) is 2.13. The number of hydrogen-bond acceptors (Lipinski definition) is 4. The van der Waals surface area contributed by atoms with Crippen LogP contribution >= 0.6 is 11.8 Å². The molecule has 1 aromatic rings. The summed E-state index contributed by atoms with van der Waals surface area (Å²) in [6.45, 7) is 4.38. The summed E-state index contributed by atoms with van der Waals surface area (Å²) in [6, 6.07) is 8.54. The van der Waals surface area contributed by atoms with Crippen molar-refractivity contribution < 1.29 is 4.74 Å². The first-order valence-electron chi connectivity index (χ1n) is 6.35. The Hall–Kier alpha value is -0.710. The van der Waals surface area contributed by atoms with Gasteiger partial charge in [-0.3, -0.25) is 4.90 Å². The van der Waals surface area contributed by atoms with Gasteiger partial charge in [0.1, 0.15) is 5.75 Å². The van der Waals surface area contributed by atoms with Crippen molar-refractivity contribution in [3.63, 3.8) is 0 Å². The summed E-state index contributed by atoms with van der Waals surface area (Å²) in [7, 11) is 2.13. The summed E-state index contributed by atoms with van der Waals surface area (Å²) < 4.78 is 5.45. The fourth-order valence-corrected chi connectivity index (χ4v) is 2.39. The number of nitrogens with zero attached hydrogens (tertiary/aromatic N) is 1. The van der Waals surface area contributed by atoms with Crippen molar-refractivity contribution in [1.29, 1.82) is 0 Å². The van der Waals surface area contributed by atoms with Crippen LogP contribution in [0.4, 0.5) is 0 Å². The van der Waals surface area contributed by atoms with Crippen molar-refractivity contribution in [2.45, 2.75) is 13.0 Å². The molecule has 1 unspecified atom stereocenters. The molecule has 0 aliphatic rings. The van der Waals surface area contributed by atoms with Gasteiger partial charge < -0.3 is 10.5 Å². The second-order valence-corrected chi connectivity index (χ2v) is 5.21. The molecule has 0 bridgehead atoms. The van der Waals surface area contributed by atoms with Crippen LogP contribution in [0, 0.1) is 0 Å². The Bertz CT molecular complexity index is 329. The van der Waals surface area contributed by atoms with Crippen LogP contribution in [-0.4, -0.2) is 43.7 Å². The van der Waals surface area contributed by atoms with E-state index in [1.54, 1.807) is 0 Å². The predicted molar refractivity (Wildman–Crippen MR) is 80.4 cm³/mol. The lowest BCUT2D eigenvalue weighted by molar-refractivity contribution is 0.265. The van der Waals surface area contributed by atoms with Gasteiger partial charge in [-0.2, -0.15) is 11.8 Å². The first kappa shape index (κ1) is 15.3. The lowest BCUT2D eigenvalue weighted by Gasteiger charge is -2.27. The third-order valence-corrected chi connectivity index (χ3v) is 3.57. The van der Waals surface area contributed by atoms with E-state index in [1.165, 1.54) is 5.56 Å². The van der Waals surface area contributed by atoms with Crippen LogP contribution in [-0.2, 0) is 0 Å². The van der Waals surface area contributed by atoms with Gasteiger partial charge in [0.2, 0.25) is 0 Å². The molecule has 1 aromatic carbocycles. The van der Waals surface area contributed by atoms with Crippen LogP contribution in [0.1, 0.15) is 18.5 Å². The quantitative estimate of drug-likeness (QED) is 0.785. The highest BCUT2D eigenvalue weighted by Crippen LogP contribution is 2.21. The molecule has 0 radical (unpaired) electrons. The number of nitrogens with two attached hydrogens (primary N) is 1. The van der Waals surface area contributed by atoms with Gasteiger partial charge in [0.25, 0.3) is 0 Å². The Morgan fingerprint density at radius 1 is 1.33 bits per heavy atom. The number of rotatable bonds is 8. The molecule has 0 saturated carbocycles. The Morgan fingerprint density at radius 3 is 2.50 bits per heavy atom. The van der Waals surface area contributed by atoms with E-state index in [4.69, 9.17) is 10.5 Å². The molecular formula is C14H24N2OS. The zero-order valence-corrected chi connectivity index (χ0v) is 12.4. The number of ether oxygens (including phenoxy) is 1. The molecule has 18 heavy (non-hydrogen) atoms. The molecule has 0 saturated heterocycles. The third-order valence-electron chi connectivity index (χ3n) is 2.98. The molecule has 0 aliphatic carbocycles. The van der Waals surface area contributed by atoms with Crippen molar-refractivity contribution in [1.82, 2.24) is 4.90 Å². The van der Waals surface area contributed by atoms with E-state index < -0.39 is 0 Å². The zero-order chi connectivity index (χ0) is 13.4. The van der Waals surface area contributed by atoms with Gasteiger partial charge in [0.15, 0.2) is 0 Å². The Morgan fingerprint density at radius 2 is 2.00 bits per heavy atom. The predicted octanol–water partition coefficient (Wildman–Crippen LogP) is 2.38. The smallest absolute Gasteiger partial charge is 0.119 e. The average Bonchev–Trinajstić information content (AvgIpc) is 2.39. The number of benzene rings is 1. The molecule has 1 rings (SSSR count). The van der Waals surface area contributed by atoms with Crippen molar-refractivity contribution in [2.75, 3.05) is 38.8 Å². The average molecular weight is 268 g/mol. The van der Waals surface area contributed by atoms with Crippen LogP contribution in [0.3, 0.4) is 0 Å². The summed E-state index contributed by atoms with van der Waals surface area (Å²) >= 11 is 1.86. The van der Waals surface area contributed by atoms with Gasteiger partial charge in [-0.15, -0.1) is 0 Å². The van der Waals surface area contributed by atoms with Gasteiger partial charge >= 0.3 is 0 Å². The monoisotopic (exact) mass is 268 g/mol. The van der Waals surface area contributed by atoms with Gasteiger partial charge in [-0.25, -0.2) is 0 Å². The van der Waals surface area contributed by atoms with Crippen molar-refractivity contribution >= 4 is 11.8 Å². The van der Waals surface area contributed by atoms with Crippen LogP contribution in [0.5, 0.6) is 5.75 Å². The second-order valence-electron chi connectivity index (χ2n) is 4.23. The summed E-state index contributed by atoms with van der Waals surface area (Å²) in [5.74, 6) is 2.05. The van der Waals surface area contributed by atoms with E-state index in [1.807, 2.05) is 30.8 Å². The maximum atomic E-state index is 5.89. The number of hydrogen-bond donors (Lipinski definition) is 1. The molecule has 4 heteroatoms. The molecule has 3 nitrogen and oxygen atoms in total. The van der Waals surface area contributed by atoms with Gasteiger partial charge in [-0.1, -0.05) is 12.1 Å². The molecule has 0 spiro atoms. The fourth-order valence-electron chi connectivity index (χ4n) is 1.91. The molecule has 0 amide bonds. The maximum absolute atomic E-state index is 5.89. The molecule has 0 aromatic heterocycles. The fraction of sp³-hybridized carbons (Fsp3) is 0.571. The Balaban J connectivity index is 2.69. The van der Waals surface area contributed by atoms with Crippen LogP contribution < -0.4 is 10.5 Å². The molecule has 2 N–H and O–H groups in total. The lowest BCUT2D eigenvalue weighted by atomic mass is 10.1. The Labute approximate surface area is 115 Å². The summed E-state index contributed by atoms with van der Waals surface area (Å²) in [5.41, 5.74) is 7.15. The lowest BCUT2D eigenvalue weighted by Crippen LogP contribution is -2.32. The highest BCUT2D eigenvalue weighted by Gasteiger charge is 2.14. The number of thioether (sulfide) groups is 1. The normalized spacial score (nSPS) is 12.7. The summed E-state index contributed by atoms with van der Waals surface area (Å²) in [5, 5.41) is 0. The minimum atomic E-state index is 0.285. The molecular weight excluding hydrogens is 244 g/mol. The molecule has 0 heterocycles. The summed E-state index contributed by atoms with van der Waals surface area (Å²) in [4.78, 5) is 2.31. The van der Waals surface area contributed by atoms with E-state index in [-0.39, 0.29) is 6.04 Å². The topological polar surface area (TPSA) is 38.5 Å². The first-order chi connectivity index (χ1) is 8.72. The van der Waals surface area contributed by atoms with Crippen molar-refractivity contribution in [3.05, 3.63) is 29.8 Å². The highest BCUT2D eigenvalue weighted by molar-refractivity contribution is 7.98. The largest absolute Gasteiger partial charge is 0.494 e. The standard InChI is InChI=1S/C14H24N2OS/c1-4-17-13-7-5-12(6-8-13)14(11-15)16(2)9-10-18-3/h5-8,14H,4,9-11,15H2,1-3H3. The highest BCUT2D eigenvalue weighted by atomic mass is 32.2. The van der Waals surface area contributed by atoms with Crippen LogP contribution in [0.2, 0.25) is 0 Å². The number of likely N-dealkylation sites (N-methyl/N-ethyl adjacent to an activating group) is 1. The molecule has 0 aliphatic heterocycles. The SMILES string of the molecule is CCOc1ccc(C(CN)N(C)CCSC)cc1. The van der Waals surface area contributed by atoms with Crippen molar-refractivity contribution in [2.24, 2.45) is 5.73 Å². The van der Waals surface area contributed by atoms with Gasteiger partial charge in [0, 0.05) is 24.9 Å². The third kappa shape index (κ3) is 4.52. The molecule has 0 fully saturated rings. The van der Waals surface area contributed by atoms with E-state index in [2.05, 4.69) is 30.3 Å². The zero-order valence-electron chi connectivity index (χ0n) is 11.6. The van der Waals surface area contributed by atoms with E-state index >= 15 is 0 Å². The minimum Gasteiger partial charge on any atom is -0.494 e. The van der Waals surface area contributed by atoms with Gasteiger partial charge in [0.05, 0.1) is 6.61 Å². The van der Waals surface area contributed by atoms with E-state index in [0.717, 1.165) is 18.0 Å². The maximum Gasteiger partial charge on any atom is 0.119 e.